The number of aromatic nitrogens is 3. The van der Waals surface area contributed by atoms with Crippen molar-refractivity contribution in [2.24, 2.45) is 5.41 Å². The lowest BCUT2D eigenvalue weighted by Crippen LogP contribution is -2.38. The van der Waals surface area contributed by atoms with Gasteiger partial charge in [-0.3, -0.25) is 4.68 Å². The highest BCUT2D eigenvalue weighted by Gasteiger charge is 2.27. The van der Waals surface area contributed by atoms with E-state index in [2.05, 4.69) is 29.2 Å². The lowest BCUT2D eigenvalue weighted by Gasteiger charge is -2.35. The molecule has 0 saturated heterocycles. The fourth-order valence-electron chi connectivity index (χ4n) is 2.60. The van der Waals surface area contributed by atoms with Gasteiger partial charge >= 0.3 is 0 Å². The molecule has 0 amide bonds. The van der Waals surface area contributed by atoms with Crippen molar-refractivity contribution in [1.82, 2.24) is 20.1 Å². The van der Waals surface area contributed by atoms with Crippen molar-refractivity contribution in [3.63, 3.8) is 0 Å². The molecule has 1 aliphatic carbocycles. The molecule has 16 heavy (non-hydrogen) atoms. The molecule has 1 unspecified atom stereocenters. The summed E-state index contributed by atoms with van der Waals surface area (Å²) in [5.74, 6) is 0. The van der Waals surface area contributed by atoms with E-state index in [4.69, 9.17) is 0 Å². The van der Waals surface area contributed by atoms with Crippen molar-refractivity contribution < 1.29 is 0 Å². The number of rotatable bonds is 4. The summed E-state index contributed by atoms with van der Waals surface area (Å²) < 4.78 is 1.88. The van der Waals surface area contributed by atoms with Crippen LogP contribution in [0.1, 0.15) is 39.5 Å². The summed E-state index contributed by atoms with van der Waals surface area (Å²) in [6.07, 6.45) is 8.70. The normalized spacial score (nSPS) is 24.5. The van der Waals surface area contributed by atoms with Gasteiger partial charge in [0.05, 0.1) is 6.54 Å². The van der Waals surface area contributed by atoms with Crippen LogP contribution >= 0.6 is 0 Å². The molecule has 0 bridgehead atoms. The van der Waals surface area contributed by atoms with Crippen LogP contribution in [0.2, 0.25) is 0 Å². The first-order valence-corrected chi connectivity index (χ1v) is 6.21. The van der Waals surface area contributed by atoms with E-state index in [0.717, 1.165) is 13.1 Å². The number of hydrogen-bond donors (Lipinski definition) is 1. The fraction of sp³-hybridized carbons (Fsp3) is 0.833. The molecule has 0 aromatic carbocycles. The van der Waals surface area contributed by atoms with Crippen molar-refractivity contribution in [3.8, 4) is 0 Å². The minimum Gasteiger partial charge on any atom is -0.312 e. The largest absolute Gasteiger partial charge is 0.312 e. The lowest BCUT2D eigenvalue weighted by atomic mass is 9.75. The maximum Gasteiger partial charge on any atom is 0.137 e. The first-order chi connectivity index (χ1) is 7.66. The van der Waals surface area contributed by atoms with Gasteiger partial charge in [-0.25, -0.2) is 4.98 Å². The average Bonchev–Trinajstić information content (AvgIpc) is 2.69. The van der Waals surface area contributed by atoms with Crippen LogP contribution in [-0.2, 0) is 6.54 Å². The first-order valence-electron chi connectivity index (χ1n) is 6.21. The maximum absolute atomic E-state index is 4.09. The van der Waals surface area contributed by atoms with Gasteiger partial charge in [-0.15, -0.1) is 0 Å². The molecule has 1 N–H and O–H groups in total. The van der Waals surface area contributed by atoms with E-state index in [9.17, 15) is 0 Å². The molecule has 1 aromatic rings. The molecule has 0 spiro atoms. The van der Waals surface area contributed by atoms with Crippen molar-refractivity contribution in [2.75, 3.05) is 6.54 Å². The van der Waals surface area contributed by atoms with Crippen LogP contribution in [0.15, 0.2) is 12.7 Å². The van der Waals surface area contributed by atoms with Crippen molar-refractivity contribution in [2.45, 2.75) is 52.1 Å². The van der Waals surface area contributed by atoms with E-state index in [-0.39, 0.29) is 0 Å². The summed E-state index contributed by atoms with van der Waals surface area (Å²) >= 11 is 0. The van der Waals surface area contributed by atoms with E-state index in [1.165, 1.54) is 25.7 Å². The van der Waals surface area contributed by atoms with Crippen LogP contribution in [0.25, 0.3) is 0 Å². The van der Waals surface area contributed by atoms with Gasteiger partial charge in [0.25, 0.3) is 0 Å². The zero-order valence-electron chi connectivity index (χ0n) is 10.3. The Morgan fingerprint density at radius 3 is 3.06 bits per heavy atom. The molecule has 1 atom stereocenters. The Kier molecular flexibility index (Phi) is 3.59. The third-order valence-corrected chi connectivity index (χ3v) is 3.45. The smallest absolute Gasteiger partial charge is 0.137 e. The van der Waals surface area contributed by atoms with E-state index in [1.54, 1.807) is 12.7 Å². The molecule has 1 saturated carbocycles. The van der Waals surface area contributed by atoms with Crippen LogP contribution in [-0.4, -0.2) is 27.4 Å². The first kappa shape index (κ1) is 11.6. The van der Waals surface area contributed by atoms with E-state index in [1.807, 2.05) is 4.68 Å². The molecule has 90 valence electrons. The monoisotopic (exact) mass is 222 g/mol. The van der Waals surface area contributed by atoms with E-state index >= 15 is 0 Å². The van der Waals surface area contributed by atoms with Crippen LogP contribution in [0.5, 0.6) is 0 Å². The Hall–Kier alpha value is -0.900. The minimum atomic E-state index is 0.517. The van der Waals surface area contributed by atoms with Gasteiger partial charge in [0.1, 0.15) is 12.7 Å². The van der Waals surface area contributed by atoms with Crippen molar-refractivity contribution in [3.05, 3.63) is 12.7 Å². The van der Waals surface area contributed by atoms with Gasteiger partial charge in [-0.05, 0) is 24.7 Å². The fourth-order valence-corrected chi connectivity index (χ4v) is 2.60. The van der Waals surface area contributed by atoms with E-state index < -0.39 is 0 Å². The quantitative estimate of drug-likeness (QED) is 0.845. The van der Waals surface area contributed by atoms with Crippen molar-refractivity contribution >= 4 is 0 Å². The van der Waals surface area contributed by atoms with Gasteiger partial charge in [0, 0.05) is 12.6 Å². The van der Waals surface area contributed by atoms with Gasteiger partial charge in [-0.1, -0.05) is 20.3 Å². The Bertz CT molecular complexity index is 305. The Labute approximate surface area is 97.5 Å². The predicted molar refractivity (Wildman–Crippen MR) is 64.1 cm³/mol. The zero-order chi connectivity index (χ0) is 11.4. The van der Waals surface area contributed by atoms with Gasteiger partial charge < -0.3 is 5.32 Å². The summed E-state index contributed by atoms with van der Waals surface area (Å²) in [6.45, 7) is 6.65. The number of nitrogens with one attached hydrogen (secondary N) is 1. The summed E-state index contributed by atoms with van der Waals surface area (Å²) in [6, 6.07) is 0.687. The maximum atomic E-state index is 4.09. The second-order valence-electron chi connectivity index (χ2n) is 5.57. The van der Waals surface area contributed by atoms with Gasteiger partial charge in [0.2, 0.25) is 0 Å². The third kappa shape index (κ3) is 3.30. The number of nitrogens with zero attached hydrogens (tertiary/aromatic N) is 3. The highest BCUT2D eigenvalue weighted by Crippen LogP contribution is 2.34. The second kappa shape index (κ2) is 4.95. The average molecular weight is 222 g/mol. The summed E-state index contributed by atoms with van der Waals surface area (Å²) in [5, 5.41) is 7.72. The van der Waals surface area contributed by atoms with E-state index in [0.29, 0.717) is 11.5 Å². The SMILES string of the molecule is CC1(C)CCCC(NCCn2cncn2)C1. The molecular formula is C12H22N4. The summed E-state index contributed by atoms with van der Waals surface area (Å²) in [5.41, 5.74) is 0.517. The molecule has 2 rings (SSSR count). The molecule has 1 fully saturated rings. The van der Waals surface area contributed by atoms with Gasteiger partial charge in [-0.2, -0.15) is 5.10 Å². The Morgan fingerprint density at radius 1 is 1.50 bits per heavy atom. The highest BCUT2D eigenvalue weighted by atomic mass is 15.3. The molecule has 0 aliphatic heterocycles. The third-order valence-electron chi connectivity index (χ3n) is 3.45. The molecule has 4 nitrogen and oxygen atoms in total. The van der Waals surface area contributed by atoms with Crippen LogP contribution < -0.4 is 5.32 Å². The molecule has 4 heteroatoms. The van der Waals surface area contributed by atoms with Crippen LogP contribution in [0.4, 0.5) is 0 Å². The summed E-state index contributed by atoms with van der Waals surface area (Å²) in [7, 11) is 0. The van der Waals surface area contributed by atoms with Gasteiger partial charge in [0.15, 0.2) is 0 Å². The molecule has 0 radical (unpaired) electrons. The predicted octanol–water partition coefficient (Wildman–Crippen LogP) is 1.84. The van der Waals surface area contributed by atoms with Crippen LogP contribution in [0, 0.1) is 5.41 Å². The zero-order valence-corrected chi connectivity index (χ0v) is 10.3. The van der Waals surface area contributed by atoms with Crippen LogP contribution in [0.3, 0.4) is 0 Å². The lowest BCUT2D eigenvalue weighted by molar-refractivity contribution is 0.197. The number of hydrogen-bond acceptors (Lipinski definition) is 3. The highest BCUT2D eigenvalue weighted by molar-refractivity contribution is 4.83. The topological polar surface area (TPSA) is 42.7 Å². The Balaban J connectivity index is 1.70. The molecular weight excluding hydrogens is 200 g/mol. The summed E-state index contributed by atoms with van der Waals surface area (Å²) in [4.78, 5) is 3.93. The standard InChI is InChI=1S/C12H22N4/c1-12(2)5-3-4-11(8-12)14-6-7-16-10-13-9-15-16/h9-11,14H,3-8H2,1-2H3. The molecule has 1 aromatic heterocycles. The Morgan fingerprint density at radius 2 is 2.38 bits per heavy atom. The van der Waals surface area contributed by atoms with Crippen molar-refractivity contribution in [1.29, 1.82) is 0 Å². The molecule has 1 heterocycles. The minimum absolute atomic E-state index is 0.517. The second-order valence-corrected chi connectivity index (χ2v) is 5.57. The molecule has 1 aliphatic rings.